The molecule has 0 aromatic heterocycles. The maximum Gasteiger partial charge on any atom is 0.337 e. The van der Waals surface area contributed by atoms with Crippen LogP contribution < -0.4 is 0 Å². The largest absolute Gasteiger partial charge is 0.479 e. The molecule has 0 saturated heterocycles. The van der Waals surface area contributed by atoms with Gasteiger partial charge in [-0.25, -0.2) is 13.6 Å². The lowest BCUT2D eigenvalue weighted by Gasteiger charge is -2.13. The number of rotatable bonds is 6. The number of hydrogen-bond donors (Lipinski definition) is 2. The van der Waals surface area contributed by atoms with Gasteiger partial charge in [0.2, 0.25) is 0 Å². The average molecular weight is 337 g/mol. The standard InChI is InChI=1S/C12H11BrF2O4/c13-4-3-9(16)6-1-2-7(11(14)15)8(5-6)10(17)12(18)19/h1-2,5,10-11,17H,3-4H2,(H,18,19). The van der Waals surface area contributed by atoms with E-state index >= 15 is 0 Å². The van der Waals surface area contributed by atoms with Crippen LogP contribution in [0.25, 0.3) is 0 Å². The smallest absolute Gasteiger partial charge is 0.337 e. The first-order valence-corrected chi connectivity index (χ1v) is 6.42. The maximum atomic E-state index is 12.7. The van der Waals surface area contributed by atoms with Crippen molar-refractivity contribution in [2.75, 3.05) is 5.33 Å². The first kappa shape index (κ1) is 15.7. The van der Waals surface area contributed by atoms with Gasteiger partial charge in [0.05, 0.1) is 0 Å². The van der Waals surface area contributed by atoms with Crippen LogP contribution in [-0.4, -0.2) is 27.3 Å². The van der Waals surface area contributed by atoms with Crippen molar-refractivity contribution >= 4 is 27.7 Å². The highest BCUT2D eigenvalue weighted by atomic mass is 79.9. The third-order valence-corrected chi connectivity index (χ3v) is 2.89. The third-order valence-electron chi connectivity index (χ3n) is 2.49. The van der Waals surface area contributed by atoms with E-state index < -0.39 is 29.6 Å². The summed E-state index contributed by atoms with van der Waals surface area (Å²) in [5.74, 6) is -1.97. The highest BCUT2D eigenvalue weighted by molar-refractivity contribution is 9.09. The van der Waals surface area contributed by atoms with Crippen molar-refractivity contribution in [1.29, 1.82) is 0 Å². The quantitative estimate of drug-likeness (QED) is 0.618. The van der Waals surface area contributed by atoms with Crippen LogP contribution in [0.15, 0.2) is 18.2 Å². The van der Waals surface area contributed by atoms with Gasteiger partial charge >= 0.3 is 5.97 Å². The van der Waals surface area contributed by atoms with Gasteiger partial charge in [0.15, 0.2) is 11.9 Å². The van der Waals surface area contributed by atoms with Gasteiger partial charge in [0, 0.05) is 28.4 Å². The zero-order valence-electron chi connectivity index (χ0n) is 9.65. The Balaban J connectivity index is 3.26. The lowest BCUT2D eigenvalue weighted by atomic mass is 9.97. The predicted octanol–water partition coefficient (Wildman–Crippen LogP) is 2.71. The van der Waals surface area contributed by atoms with Crippen molar-refractivity contribution in [3.8, 4) is 0 Å². The first-order valence-electron chi connectivity index (χ1n) is 5.30. The molecule has 0 fully saturated rings. The second kappa shape index (κ2) is 6.72. The number of carbonyl (C=O) groups is 2. The van der Waals surface area contributed by atoms with Crippen molar-refractivity contribution in [3.05, 3.63) is 34.9 Å². The van der Waals surface area contributed by atoms with E-state index in [1.807, 2.05) is 0 Å². The third kappa shape index (κ3) is 3.81. The minimum atomic E-state index is -2.93. The topological polar surface area (TPSA) is 74.6 Å². The van der Waals surface area contributed by atoms with E-state index in [4.69, 9.17) is 5.11 Å². The molecule has 0 radical (unpaired) electrons. The molecule has 0 heterocycles. The molecule has 0 spiro atoms. The molecular formula is C12H11BrF2O4. The molecule has 0 saturated carbocycles. The number of aliphatic hydroxyl groups excluding tert-OH is 1. The maximum absolute atomic E-state index is 12.7. The van der Waals surface area contributed by atoms with E-state index in [1.54, 1.807) is 0 Å². The van der Waals surface area contributed by atoms with Crippen LogP contribution in [0.4, 0.5) is 8.78 Å². The minimum Gasteiger partial charge on any atom is -0.479 e. The number of benzene rings is 1. The fraction of sp³-hybridized carbons (Fsp3) is 0.333. The van der Waals surface area contributed by atoms with E-state index in [0.29, 0.717) is 5.33 Å². The number of halogens is 3. The Bertz CT molecular complexity index is 491. The Morgan fingerprint density at radius 1 is 1.26 bits per heavy atom. The Morgan fingerprint density at radius 3 is 2.37 bits per heavy atom. The predicted molar refractivity (Wildman–Crippen MR) is 66.7 cm³/mol. The van der Waals surface area contributed by atoms with E-state index in [-0.39, 0.29) is 17.8 Å². The highest BCUT2D eigenvalue weighted by Crippen LogP contribution is 2.29. The number of alkyl halides is 3. The number of ketones is 1. The summed E-state index contributed by atoms with van der Waals surface area (Å²) >= 11 is 3.07. The molecule has 1 aromatic carbocycles. The van der Waals surface area contributed by atoms with Gasteiger partial charge < -0.3 is 10.2 Å². The summed E-state index contributed by atoms with van der Waals surface area (Å²) in [6.07, 6.45) is -4.86. The van der Waals surface area contributed by atoms with E-state index in [1.165, 1.54) is 6.07 Å². The number of carboxylic acids is 1. The fourth-order valence-corrected chi connectivity index (χ4v) is 1.91. The van der Waals surface area contributed by atoms with Crippen LogP contribution in [0.2, 0.25) is 0 Å². The SMILES string of the molecule is O=C(CCBr)c1ccc(C(F)F)c(C(O)C(=O)O)c1. The number of aliphatic carboxylic acids is 1. The molecule has 0 aliphatic carbocycles. The summed E-state index contributed by atoms with van der Waals surface area (Å²) in [7, 11) is 0. The number of Topliss-reactive ketones (excluding diaryl/α,β-unsaturated/α-hetero) is 1. The number of aliphatic hydroxyl groups is 1. The van der Waals surface area contributed by atoms with Gasteiger partial charge in [-0.3, -0.25) is 4.79 Å². The number of carboxylic acid groups (broad SMARTS) is 1. The lowest BCUT2D eigenvalue weighted by molar-refractivity contribution is -0.147. The monoisotopic (exact) mass is 336 g/mol. The first-order chi connectivity index (χ1) is 8.88. The molecule has 1 atom stereocenters. The van der Waals surface area contributed by atoms with E-state index in [9.17, 15) is 23.5 Å². The molecule has 19 heavy (non-hydrogen) atoms. The van der Waals surface area contributed by atoms with Crippen molar-refractivity contribution in [2.45, 2.75) is 19.0 Å². The summed E-state index contributed by atoms with van der Waals surface area (Å²) < 4.78 is 25.5. The van der Waals surface area contributed by atoms with Crippen LogP contribution in [0, 0.1) is 0 Å². The molecule has 0 bridgehead atoms. The average Bonchev–Trinajstić information content (AvgIpc) is 2.37. The fourth-order valence-electron chi connectivity index (χ4n) is 1.55. The summed E-state index contributed by atoms with van der Waals surface area (Å²) in [6.45, 7) is 0. The van der Waals surface area contributed by atoms with Crippen molar-refractivity contribution in [1.82, 2.24) is 0 Å². The van der Waals surface area contributed by atoms with Crippen LogP contribution in [0.1, 0.15) is 40.4 Å². The Hall–Kier alpha value is -1.34. The molecule has 0 aliphatic rings. The molecular weight excluding hydrogens is 326 g/mol. The Labute approximate surface area is 116 Å². The van der Waals surface area contributed by atoms with Crippen molar-refractivity contribution < 1.29 is 28.6 Å². The zero-order chi connectivity index (χ0) is 14.6. The molecule has 0 aliphatic heterocycles. The molecule has 0 amide bonds. The van der Waals surface area contributed by atoms with Gasteiger partial charge in [-0.2, -0.15) is 0 Å². The normalized spacial score (nSPS) is 12.5. The second-order valence-corrected chi connectivity index (χ2v) is 4.54. The molecule has 2 N–H and O–H groups in total. The van der Waals surface area contributed by atoms with Crippen LogP contribution >= 0.6 is 15.9 Å². The molecule has 1 unspecified atom stereocenters. The van der Waals surface area contributed by atoms with Gasteiger partial charge in [0.1, 0.15) is 0 Å². The van der Waals surface area contributed by atoms with E-state index in [2.05, 4.69) is 15.9 Å². The van der Waals surface area contributed by atoms with Crippen molar-refractivity contribution in [2.24, 2.45) is 0 Å². The Morgan fingerprint density at radius 2 is 1.89 bits per heavy atom. The second-order valence-electron chi connectivity index (χ2n) is 3.75. The zero-order valence-corrected chi connectivity index (χ0v) is 11.2. The molecule has 7 heteroatoms. The van der Waals surface area contributed by atoms with Gasteiger partial charge in [-0.05, 0) is 6.07 Å². The Kier molecular flexibility index (Phi) is 5.56. The minimum absolute atomic E-state index is 0.0964. The lowest BCUT2D eigenvalue weighted by Crippen LogP contribution is -2.14. The molecule has 1 rings (SSSR count). The summed E-state index contributed by atoms with van der Waals surface area (Å²) in [5.41, 5.74) is -0.952. The summed E-state index contributed by atoms with van der Waals surface area (Å²) in [4.78, 5) is 22.3. The van der Waals surface area contributed by atoms with Crippen LogP contribution in [0.3, 0.4) is 0 Å². The highest BCUT2D eigenvalue weighted by Gasteiger charge is 2.24. The van der Waals surface area contributed by atoms with Crippen LogP contribution in [0.5, 0.6) is 0 Å². The van der Waals surface area contributed by atoms with Crippen LogP contribution in [-0.2, 0) is 4.79 Å². The van der Waals surface area contributed by atoms with Crippen molar-refractivity contribution in [3.63, 3.8) is 0 Å². The van der Waals surface area contributed by atoms with Gasteiger partial charge in [-0.1, -0.05) is 28.1 Å². The molecule has 1 aromatic rings. The van der Waals surface area contributed by atoms with Gasteiger partial charge in [-0.15, -0.1) is 0 Å². The summed E-state index contributed by atoms with van der Waals surface area (Å²) in [5, 5.41) is 18.5. The number of hydrogen-bond acceptors (Lipinski definition) is 3. The number of carbonyl (C=O) groups excluding carboxylic acids is 1. The summed E-state index contributed by atoms with van der Waals surface area (Å²) in [6, 6.07) is 3.17. The van der Waals surface area contributed by atoms with Gasteiger partial charge in [0.25, 0.3) is 6.43 Å². The van der Waals surface area contributed by atoms with E-state index in [0.717, 1.165) is 12.1 Å². The molecule has 104 valence electrons. The molecule has 4 nitrogen and oxygen atoms in total.